The van der Waals surface area contributed by atoms with E-state index in [1.165, 1.54) is 0 Å². The lowest BCUT2D eigenvalue weighted by Crippen LogP contribution is -2.58. The Morgan fingerprint density at radius 1 is 1.17 bits per heavy atom. The molecular formula is C19H39NO3Si. The Bertz CT molecular complexity index is 433. The first kappa shape index (κ1) is 23.3. The average molecular weight is 358 g/mol. The molecule has 0 amide bonds. The molecule has 0 spiro atoms. The van der Waals surface area contributed by atoms with Crippen LogP contribution in [0.2, 0.25) is 18.1 Å². The molecule has 1 unspecified atom stereocenters. The Morgan fingerprint density at radius 2 is 1.71 bits per heavy atom. The maximum absolute atomic E-state index is 12.0. The molecule has 0 aliphatic rings. The molecule has 0 aromatic carbocycles. The zero-order valence-corrected chi connectivity index (χ0v) is 18.2. The van der Waals surface area contributed by atoms with Gasteiger partial charge in [0.05, 0.1) is 0 Å². The van der Waals surface area contributed by atoms with Crippen molar-refractivity contribution in [1.82, 2.24) is 5.32 Å². The van der Waals surface area contributed by atoms with Crippen LogP contribution in [0.5, 0.6) is 0 Å². The van der Waals surface area contributed by atoms with Gasteiger partial charge in [-0.2, -0.15) is 0 Å². The van der Waals surface area contributed by atoms with E-state index in [4.69, 9.17) is 4.43 Å². The Balaban J connectivity index is 4.99. The maximum atomic E-state index is 12.0. The fourth-order valence-corrected chi connectivity index (χ4v) is 3.51. The van der Waals surface area contributed by atoms with E-state index in [0.717, 1.165) is 6.42 Å². The Labute approximate surface area is 150 Å². The van der Waals surface area contributed by atoms with Crippen LogP contribution in [0.1, 0.15) is 67.7 Å². The molecule has 142 valence electrons. The molecule has 0 aliphatic heterocycles. The minimum absolute atomic E-state index is 0.172. The molecule has 0 aliphatic carbocycles. The lowest BCUT2D eigenvalue weighted by Gasteiger charge is -2.38. The number of hydrogen-bond donors (Lipinski definition) is 2. The van der Waals surface area contributed by atoms with Crippen molar-refractivity contribution in [2.45, 2.75) is 96.9 Å². The normalized spacial score (nSPS) is 16.4. The summed E-state index contributed by atoms with van der Waals surface area (Å²) in [6.45, 7) is 19.7. The molecule has 5 heteroatoms. The van der Waals surface area contributed by atoms with Crippen LogP contribution in [0.3, 0.4) is 0 Å². The van der Waals surface area contributed by atoms with Crippen molar-refractivity contribution < 1.29 is 14.3 Å². The summed E-state index contributed by atoms with van der Waals surface area (Å²) in [5, 5.41) is 13.4. The average Bonchev–Trinajstić information content (AvgIpc) is 2.37. The van der Waals surface area contributed by atoms with Crippen LogP contribution in [-0.2, 0) is 9.22 Å². The van der Waals surface area contributed by atoms with Crippen molar-refractivity contribution >= 4 is 14.3 Å². The number of rotatable bonds is 9. The lowest BCUT2D eigenvalue weighted by atomic mass is 9.86. The number of allylic oxidation sites excluding steroid dienone is 1. The van der Waals surface area contributed by atoms with Gasteiger partial charge in [-0.3, -0.25) is 10.1 Å². The highest BCUT2D eigenvalue weighted by Gasteiger charge is 2.40. The van der Waals surface area contributed by atoms with E-state index in [0.29, 0.717) is 19.4 Å². The molecule has 0 bridgehead atoms. The zero-order valence-electron chi connectivity index (χ0n) is 17.2. The first-order valence-corrected chi connectivity index (χ1v) is 11.9. The van der Waals surface area contributed by atoms with Crippen molar-refractivity contribution in [3.8, 4) is 0 Å². The van der Waals surface area contributed by atoms with Gasteiger partial charge in [-0.25, -0.2) is 0 Å². The molecule has 0 aromatic rings. The monoisotopic (exact) mass is 357 g/mol. The van der Waals surface area contributed by atoms with E-state index in [-0.39, 0.29) is 10.6 Å². The lowest BCUT2D eigenvalue weighted by molar-refractivity contribution is -0.146. The second-order valence-electron chi connectivity index (χ2n) is 9.25. The quantitative estimate of drug-likeness (QED) is 0.348. The molecule has 0 rings (SSSR count). The van der Waals surface area contributed by atoms with Gasteiger partial charge in [0, 0.05) is 12.1 Å². The predicted molar refractivity (Wildman–Crippen MR) is 105 cm³/mol. The fourth-order valence-electron chi connectivity index (χ4n) is 2.42. The van der Waals surface area contributed by atoms with Gasteiger partial charge in [-0.1, -0.05) is 32.9 Å². The van der Waals surface area contributed by atoms with Gasteiger partial charge in [0.15, 0.2) is 8.32 Å². The number of carboxylic acids is 1. The van der Waals surface area contributed by atoms with E-state index >= 15 is 0 Å². The number of nitrogens with one attached hydrogen (secondary N) is 1. The maximum Gasteiger partial charge on any atom is 0.324 e. The van der Waals surface area contributed by atoms with E-state index in [1.807, 2.05) is 39.8 Å². The largest absolute Gasteiger partial charge is 0.480 e. The van der Waals surface area contributed by atoms with Crippen LogP contribution >= 0.6 is 0 Å². The third kappa shape index (κ3) is 7.49. The van der Waals surface area contributed by atoms with Crippen molar-refractivity contribution in [2.75, 3.05) is 6.61 Å². The molecular weight excluding hydrogens is 318 g/mol. The van der Waals surface area contributed by atoms with Gasteiger partial charge in [0.2, 0.25) is 0 Å². The van der Waals surface area contributed by atoms with Crippen LogP contribution in [-0.4, -0.2) is 37.1 Å². The number of aliphatic carboxylic acids is 1. The summed E-state index contributed by atoms with van der Waals surface area (Å²) in [5.74, 6) is -0.789. The summed E-state index contributed by atoms with van der Waals surface area (Å²) in [7, 11) is -1.78. The minimum atomic E-state index is -1.78. The van der Waals surface area contributed by atoms with Gasteiger partial charge in [0.1, 0.15) is 5.54 Å². The van der Waals surface area contributed by atoms with E-state index in [2.05, 4.69) is 39.2 Å². The third-order valence-electron chi connectivity index (χ3n) is 4.74. The molecule has 4 nitrogen and oxygen atoms in total. The van der Waals surface area contributed by atoms with Crippen LogP contribution < -0.4 is 5.32 Å². The van der Waals surface area contributed by atoms with E-state index in [9.17, 15) is 9.90 Å². The summed E-state index contributed by atoms with van der Waals surface area (Å²) in [5.41, 5.74) is -1.21. The number of carboxylic acid groups (broad SMARTS) is 1. The van der Waals surface area contributed by atoms with Crippen molar-refractivity contribution in [1.29, 1.82) is 0 Å². The molecule has 0 radical (unpaired) electrons. The second kappa shape index (κ2) is 8.63. The summed E-state index contributed by atoms with van der Waals surface area (Å²) in [6, 6.07) is 0. The smallest absolute Gasteiger partial charge is 0.324 e. The summed E-state index contributed by atoms with van der Waals surface area (Å²) < 4.78 is 6.20. The van der Waals surface area contributed by atoms with Crippen molar-refractivity contribution in [2.24, 2.45) is 0 Å². The Morgan fingerprint density at radius 3 is 2.08 bits per heavy atom. The van der Waals surface area contributed by atoms with Gasteiger partial charge in [0.25, 0.3) is 0 Å². The topological polar surface area (TPSA) is 58.6 Å². The van der Waals surface area contributed by atoms with E-state index < -0.39 is 19.8 Å². The van der Waals surface area contributed by atoms with Crippen molar-refractivity contribution in [3.63, 3.8) is 0 Å². The van der Waals surface area contributed by atoms with Gasteiger partial charge >= 0.3 is 5.97 Å². The predicted octanol–water partition coefficient (Wildman–Crippen LogP) is 4.97. The summed E-state index contributed by atoms with van der Waals surface area (Å²) >= 11 is 0. The van der Waals surface area contributed by atoms with Crippen LogP contribution in [0, 0.1) is 0 Å². The molecule has 1 atom stereocenters. The third-order valence-corrected chi connectivity index (χ3v) is 9.28. The molecule has 2 N–H and O–H groups in total. The first-order valence-electron chi connectivity index (χ1n) is 8.95. The molecule has 0 heterocycles. The van der Waals surface area contributed by atoms with Crippen LogP contribution in [0.25, 0.3) is 0 Å². The summed E-state index contributed by atoms with van der Waals surface area (Å²) in [6.07, 6.45) is 5.62. The SMILES string of the molecule is C/C=C/CC(CCCO[Si](C)(C)C(C)(C)C)(NC(C)(C)C)C(=O)O. The van der Waals surface area contributed by atoms with Gasteiger partial charge < -0.3 is 9.53 Å². The molecule has 24 heavy (non-hydrogen) atoms. The number of carbonyl (C=O) groups is 1. The van der Waals surface area contributed by atoms with Crippen LogP contribution in [0.4, 0.5) is 0 Å². The first-order chi connectivity index (χ1) is 10.7. The standard InChI is InChI=1S/C19H39NO3Si/c1-10-11-13-19(16(21)22,20-17(2,3)4)14-12-15-23-24(8,9)18(5,6)7/h10-11,20H,12-15H2,1-9H3,(H,21,22)/b11-10+. The summed E-state index contributed by atoms with van der Waals surface area (Å²) in [4.78, 5) is 12.0. The molecule has 0 saturated heterocycles. The molecule has 0 fully saturated rings. The fraction of sp³-hybridized carbons (Fsp3) is 0.842. The van der Waals surface area contributed by atoms with E-state index in [1.54, 1.807) is 0 Å². The molecule has 0 aromatic heterocycles. The Kier molecular flexibility index (Phi) is 8.40. The van der Waals surface area contributed by atoms with Crippen molar-refractivity contribution in [3.05, 3.63) is 12.2 Å². The van der Waals surface area contributed by atoms with Gasteiger partial charge in [-0.05, 0) is 65.1 Å². The number of hydrogen-bond acceptors (Lipinski definition) is 3. The minimum Gasteiger partial charge on any atom is -0.480 e. The highest BCUT2D eigenvalue weighted by atomic mass is 28.4. The van der Waals surface area contributed by atoms with Gasteiger partial charge in [-0.15, -0.1) is 0 Å². The molecule has 0 saturated carbocycles. The highest BCUT2D eigenvalue weighted by molar-refractivity contribution is 6.74. The second-order valence-corrected chi connectivity index (χ2v) is 14.1. The highest BCUT2D eigenvalue weighted by Crippen LogP contribution is 2.36. The zero-order chi connectivity index (χ0) is 19.2. The Hall–Kier alpha value is -0.653. The van der Waals surface area contributed by atoms with Crippen LogP contribution in [0.15, 0.2) is 12.2 Å².